The van der Waals surface area contributed by atoms with E-state index in [1.807, 2.05) is 84.9 Å². The summed E-state index contributed by atoms with van der Waals surface area (Å²) in [7, 11) is 0. The van der Waals surface area contributed by atoms with Crippen molar-refractivity contribution in [3.05, 3.63) is 175 Å². The minimum absolute atomic E-state index is 0.102. The number of fused-ring (bicyclic) bond motifs is 6. The summed E-state index contributed by atoms with van der Waals surface area (Å²) in [5.74, 6) is 0.388. The van der Waals surface area contributed by atoms with E-state index in [1.54, 1.807) is 0 Å². The lowest BCUT2D eigenvalue weighted by atomic mass is 9.82. The lowest BCUT2D eigenvalue weighted by Gasteiger charge is -2.21. The Morgan fingerprint density at radius 1 is 0.481 bits per heavy atom. The summed E-state index contributed by atoms with van der Waals surface area (Å²) < 4.78 is 103. The Bertz CT molecular complexity index is 3410. The summed E-state index contributed by atoms with van der Waals surface area (Å²) in [6.45, 7) is 4.33. The average Bonchev–Trinajstić information content (AvgIpc) is 3.81. The highest BCUT2D eigenvalue weighted by Crippen LogP contribution is 2.49. The standard InChI is InChI=1S/C48H33N3O/c1-48(2)40-18-10-9-16-37(40)38-26-24-34(28-41(38)48)46-49-45(33-22-20-31(21-23-33)30-12-5-3-6-13-30)50-47(51-46)35-25-27-39-43(29-35)52-42-19-11-17-36(44(39)42)32-14-7-4-8-15-32/h3-29H,1-2H3/i4D,7D,8D,11D,14D,15D,17D,19D,25D,27D,29D. The summed E-state index contributed by atoms with van der Waals surface area (Å²) in [6, 6.07) is 25.1. The van der Waals surface area contributed by atoms with Crippen molar-refractivity contribution >= 4 is 21.9 Å². The molecule has 0 atom stereocenters. The summed E-state index contributed by atoms with van der Waals surface area (Å²) in [5, 5.41) is -0.385. The molecule has 0 radical (unpaired) electrons. The van der Waals surface area contributed by atoms with Gasteiger partial charge in [-0.3, -0.25) is 0 Å². The second-order valence-electron chi connectivity index (χ2n) is 13.2. The maximum Gasteiger partial charge on any atom is 0.164 e. The number of hydrogen-bond donors (Lipinski definition) is 0. The van der Waals surface area contributed by atoms with Crippen molar-refractivity contribution in [2.75, 3.05) is 0 Å². The molecule has 10 rings (SSSR count). The molecule has 1 aliphatic carbocycles. The minimum Gasteiger partial charge on any atom is -0.456 e. The number of furan rings is 1. The highest BCUT2D eigenvalue weighted by Gasteiger charge is 2.35. The number of aromatic nitrogens is 3. The molecule has 4 heteroatoms. The molecule has 0 saturated heterocycles. The second kappa shape index (κ2) is 11.7. The van der Waals surface area contributed by atoms with Gasteiger partial charge in [-0.25, -0.2) is 15.0 Å². The van der Waals surface area contributed by atoms with Crippen LogP contribution in [0.2, 0.25) is 0 Å². The van der Waals surface area contributed by atoms with E-state index in [4.69, 9.17) is 30.3 Å². The van der Waals surface area contributed by atoms with E-state index in [9.17, 15) is 4.11 Å². The number of rotatable bonds is 5. The SMILES string of the molecule is [2H]c1c([2H])c([2H])c(-c2c([2H])c([2H])c([2H])c3oc4c([2H])c(-c5nc(-c6ccc(-c7ccccc7)cc6)nc(-c6ccc7c(c6)C(C)(C)c6ccccc6-7)n5)c([2H])c([2H])c4c23)c([2H])c1[2H]. The molecular weight excluding hydrogens is 635 g/mol. The van der Waals surface area contributed by atoms with E-state index in [2.05, 4.69) is 26.0 Å². The van der Waals surface area contributed by atoms with Crippen LogP contribution < -0.4 is 0 Å². The van der Waals surface area contributed by atoms with Crippen molar-refractivity contribution < 1.29 is 19.5 Å². The third-order valence-electron chi connectivity index (χ3n) is 9.77. The van der Waals surface area contributed by atoms with E-state index < -0.39 is 72.0 Å². The fraction of sp³-hybridized carbons (Fsp3) is 0.0625. The van der Waals surface area contributed by atoms with Crippen LogP contribution in [0.1, 0.15) is 40.1 Å². The average molecular weight is 679 g/mol. The highest BCUT2D eigenvalue weighted by molar-refractivity contribution is 6.13. The zero-order valence-corrected chi connectivity index (χ0v) is 28.0. The Hall–Kier alpha value is -6.65. The monoisotopic (exact) mass is 678 g/mol. The van der Waals surface area contributed by atoms with Crippen LogP contribution in [0, 0.1) is 0 Å². The van der Waals surface area contributed by atoms with Gasteiger partial charge < -0.3 is 4.42 Å². The third-order valence-corrected chi connectivity index (χ3v) is 9.77. The van der Waals surface area contributed by atoms with Crippen molar-refractivity contribution in [1.82, 2.24) is 15.0 Å². The van der Waals surface area contributed by atoms with Crippen LogP contribution in [0.5, 0.6) is 0 Å². The summed E-state index contributed by atoms with van der Waals surface area (Å²) in [5.41, 5.74) is 5.81. The molecule has 0 fully saturated rings. The Kier molecular flexibility index (Phi) is 4.71. The fourth-order valence-corrected chi connectivity index (χ4v) is 7.15. The summed E-state index contributed by atoms with van der Waals surface area (Å²) in [6.07, 6.45) is 0. The molecule has 4 nitrogen and oxygen atoms in total. The zero-order chi connectivity index (χ0) is 44.4. The van der Waals surface area contributed by atoms with Gasteiger partial charge in [0.25, 0.3) is 0 Å². The normalized spacial score (nSPS) is 15.9. The first-order valence-corrected chi connectivity index (χ1v) is 16.8. The lowest BCUT2D eigenvalue weighted by molar-refractivity contribution is 0.660. The molecule has 52 heavy (non-hydrogen) atoms. The molecule has 7 aromatic carbocycles. The predicted octanol–water partition coefficient (Wildman–Crippen LogP) is 12.4. The van der Waals surface area contributed by atoms with Gasteiger partial charge in [0, 0.05) is 32.9 Å². The van der Waals surface area contributed by atoms with Gasteiger partial charge in [-0.1, -0.05) is 153 Å². The Balaban J connectivity index is 1.23. The maximum atomic E-state index is 9.57. The van der Waals surface area contributed by atoms with Crippen LogP contribution in [-0.2, 0) is 5.41 Å². The smallest absolute Gasteiger partial charge is 0.164 e. The van der Waals surface area contributed by atoms with Gasteiger partial charge in [-0.15, -0.1) is 0 Å². The van der Waals surface area contributed by atoms with E-state index >= 15 is 0 Å². The second-order valence-corrected chi connectivity index (χ2v) is 13.2. The Morgan fingerprint density at radius 3 is 1.94 bits per heavy atom. The van der Waals surface area contributed by atoms with Gasteiger partial charge in [0.2, 0.25) is 0 Å². The van der Waals surface area contributed by atoms with Crippen LogP contribution in [0.25, 0.3) is 89.5 Å². The maximum absolute atomic E-state index is 9.57. The fourth-order valence-electron chi connectivity index (χ4n) is 7.15. The van der Waals surface area contributed by atoms with E-state index in [0.717, 1.165) is 27.8 Å². The van der Waals surface area contributed by atoms with Gasteiger partial charge in [-0.05, 0) is 68.7 Å². The molecule has 0 aliphatic heterocycles. The molecule has 0 bridgehead atoms. The summed E-state index contributed by atoms with van der Waals surface area (Å²) in [4.78, 5) is 14.7. The first-order chi connectivity index (χ1) is 30.1. The number of hydrogen-bond acceptors (Lipinski definition) is 4. The van der Waals surface area contributed by atoms with E-state index in [-0.39, 0.29) is 56.0 Å². The molecule has 0 saturated carbocycles. The minimum atomic E-state index is -0.684. The van der Waals surface area contributed by atoms with Gasteiger partial charge in [-0.2, -0.15) is 0 Å². The predicted molar refractivity (Wildman–Crippen MR) is 212 cm³/mol. The molecule has 1 aliphatic rings. The van der Waals surface area contributed by atoms with Crippen molar-refractivity contribution in [3.63, 3.8) is 0 Å². The Morgan fingerprint density at radius 2 is 1.13 bits per heavy atom. The van der Waals surface area contributed by atoms with Crippen molar-refractivity contribution in [3.8, 4) is 67.5 Å². The molecule has 2 aromatic heterocycles. The largest absolute Gasteiger partial charge is 0.456 e. The lowest BCUT2D eigenvalue weighted by Crippen LogP contribution is -2.15. The Labute approximate surface area is 317 Å². The first kappa shape index (κ1) is 20.9. The quantitative estimate of drug-likeness (QED) is 0.182. The molecular formula is C48H33N3O. The molecule has 2 heterocycles. The van der Waals surface area contributed by atoms with Crippen LogP contribution in [0.3, 0.4) is 0 Å². The third kappa shape index (κ3) is 4.87. The zero-order valence-electron chi connectivity index (χ0n) is 39.0. The van der Waals surface area contributed by atoms with E-state index in [1.165, 1.54) is 5.56 Å². The van der Waals surface area contributed by atoms with Crippen LogP contribution in [-0.4, -0.2) is 15.0 Å². The molecule has 0 amide bonds. The van der Waals surface area contributed by atoms with Crippen LogP contribution in [0.15, 0.2) is 168 Å². The van der Waals surface area contributed by atoms with Crippen molar-refractivity contribution in [2.24, 2.45) is 0 Å². The highest BCUT2D eigenvalue weighted by atomic mass is 16.3. The van der Waals surface area contributed by atoms with Crippen LogP contribution >= 0.6 is 0 Å². The van der Waals surface area contributed by atoms with Gasteiger partial charge >= 0.3 is 0 Å². The van der Waals surface area contributed by atoms with E-state index in [0.29, 0.717) is 11.1 Å². The molecule has 0 unspecified atom stereocenters. The summed E-state index contributed by atoms with van der Waals surface area (Å²) >= 11 is 0. The van der Waals surface area contributed by atoms with Crippen molar-refractivity contribution in [2.45, 2.75) is 19.3 Å². The van der Waals surface area contributed by atoms with Gasteiger partial charge in [0.15, 0.2) is 17.5 Å². The van der Waals surface area contributed by atoms with Gasteiger partial charge in [0.05, 0.1) is 15.1 Å². The van der Waals surface area contributed by atoms with Crippen molar-refractivity contribution in [1.29, 1.82) is 0 Å². The molecule has 9 aromatic rings. The number of benzene rings is 7. The van der Waals surface area contributed by atoms with Crippen LogP contribution in [0.4, 0.5) is 0 Å². The number of nitrogens with zero attached hydrogens (tertiary/aromatic N) is 3. The van der Waals surface area contributed by atoms with Gasteiger partial charge in [0.1, 0.15) is 11.2 Å². The molecule has 0 spiro atoms. The molecule has 246 valence electrons. The topological polar surface area (TPSA) is 51.8 Å². The molecule has 0 N–H and O–H groups in total. The first-order valence-electron chi connectivity index (χ1n) is 22.3.